The quantitative estimate of drug-likeness (QED) is 0.157. The molecule has 0 aliphatic rings. The van der Waals surface area contributed by atoms with E-state index < -0.39 is 0 Å². The molecular weight excluding hydrogens is 817 g/mol. The van der Waals surface area contributed by atoms with Gasteiger partial charge in [-0.1, -0.05) is 200 Å². The Hall–Kier alpha value is -8.30. The summed E-state index contributed by atoms with van der Waals surface area (Å²) in [6.45, 7) is 0. The van der Waals surface area contributed by atoms with Gasteiger partial charge in [-0.05, 0) is 118 Å². The first-order valence-corrected chi connectivity index (χ1v) is 23.5. The summed E-state index contributed by atoms with van der Waals surface area (Å²) in [5.74, 6) is 0. The highest BCUT2D eigenvalue weighted by Gasteiger charge is 2.24. The van der Waals surface area contributed by atoms with Gasteiger partial charge in [0.15, 0.2) is 0 Å². The summed E-state index contributed by atoms with van der Waals surface area (Å²) in [6.07, 6.45) is 0. The van der Waals surface area contributed by atoms with Gasteiger partial charge < -0.3 is 4.42 Å². The molecule has 14 aromatic rings. The molecule has 0 aliphatic carbocycles. The predicted octanol–water partition coefficient (Wildman–Crippen LogP) is 18.9. The molecule has 1 nitrogen and oxygen atoms in total. The number of furan rings is 1. The van der Waals surface area contributed by atoms with Gasteiger partial charge in [0.05, 0.1) is 0 Å². The molecule has 0 atom stereocenters. The molecule has 0 aliphatic heterocycles. The van der Waals surface area contributed by atoms with Crippen molar-refractivity contribution < 1.29 is 4.42 Å². The van der Waals surface area contributed by atoms with Crippen LogP contribution in [0.5, 0.6) is 0 Å². The molecule has 0 amide bonds. The molecule has 0 N–H and O–H groups in total. The molecule has 66 heavy (non-hydrogen) atoms. The average Bonchev–Trinajstić information content (AvgIpc) is 3.96. The van der Waals surface area contributed by atoms with E-state index in [0.717, 1.165) is 27.5 Å². The van der Waals surface area contributed by atoms with Crippen LogP contribution in [0, 0.1) is 0 Å². The third-order valence-corrected chi connectivity index (χ3v) is 15.0. The second kappa shape index (κ2) is 14.6. The average molecular weight is 855 g/mol. The third-order valence-electron chi connectivity index (χ3n) is 13.9. The van der Waals surface area contributed by atoms with Crippen molar-refractivity contribution >= 4 is 96.5 Å². The highest BCUT2D eigenvalue weighted by atomic mass is 32.1. The van der Waals surface area contributed by atoms with Gasteiger partial charge in [0, 0.05) is 42.1 Å². The zero-order valence-corrected chi connectivity index (χ0v) is 36.6. The molecule has 2 aromatic heterocycles. The van der Waals surface area contributed by atoms with Crippen molar-refractivity contribution in [2.24, 2.45) is 0 Å². The van der Waals surface area contributed by atoms with Crippen molar-refractivity contribution in [3.8, 4) is 55.6 Å². The minimum absolute atomic E-state index is 0.882. The van der Waals surface area contributed by atoms with E-state index >= 15 is 0 Å². The first-order valence-electron chi connectivity index (χ1n) is 22.7. The molecule has 0 saturated heterocycles. The highest BCUT2D eigenvalue weighted by Crippen LogP contribution is 2.51. The lowest BCUT2D eigenvalue weighted by Gasteiger charge is -2.18. The summed E-state index contributed by atoms with van der Waals surface area (Å²) < 4.78 is 9.76. The normalized spacial score (nSPS) is 11.9. The number of fused-ring (bicyclic) bond motifs is 10. The van der Waals surface area contributed by atoms with Crippen molar-refractivity contribution in [3.05, 3.63) is 231 Å². The SMILES string of the molecule is c1ccc(-c2ccc3sc4ccc(-c5c6ccccc6c(-c6cccc7c6oc6cccc(-c8c9ccccc9c(-c9ccccc9)c9ccccc89)c67)c6ccccc56)cc4c3c2)cc1. The fraction of sp³-hybridized carbons (Fsp3) is 0. The third kappa shape index (κ3) is 5.52. The van der Waals surface area contributed by atoms with E-state index in [9.17, 15) is 0 Å². The molecule has 306 valence electrons. The maximum Gasteiger partial charge on any atom is 0.143 e. The largest absolute Gasteiger partial charge is 0.455 e. The fourth-order valence-electron chi connectivity index (χ4n) is 11.1. The van der Waals surface area contributed by atoms with Crippen LogP contribution in [0.4, 0.5) is 0 Å². The summed E-state index contributed by atoms with van der Waals surface area (Å²) in [5.41, 5.74) is 13.9. The molecule has 0 spiro atoms. The van der Waals surface area contributed by atoms with Crippen molar-refractivity contribution in [1.29, 1.82) is 0 Å². The molecule has 0 radical (unpaired) electrons. The van der Waals surface area contributed by atoms with Gasteiger partial charge in [0.25, 0.3) is 0 Å². The number of hydrogen-bond donors (Lipinski definition) is 0. The van der Waals surface area contributed by atoms with Gasteiger partial charge in [0.2, 0.25) is 0 Å². The van der Waals surface area contributed by atoms with Crippen LogP contribution in [0.2, 0.25) is 0 Å². The van der Waals surface area contributed by atoms with Crippen LogP contribution in [-0.4, -0.2) is 0 Å². The van der Waals surface area contributed by atoms with Crippen LogP contribution in [-0.2, 0) is 0 Å². The second-order valence-corrected chi connectivity index (χ2v) is 18.5. The number of hydrogen-bond acceptors (Lipinski definition) is 2. The maximum absolute atomic E-state index is 7.15. The summed E-state index contributed by atoms with van der Waals surface area (Å²) >= 11 is 1.87. The molecule has 0 fully saturated rings. The summed E-state index contributed by atoms with van der Waals surface area (Å²) in [5, 5.41) is 14.6. The molecular formula is C64H38OS. The van der Waals surface area contributed by atoms with Crippen LogP contribution in [0.15, 0.2) is 235 Å². The van der Waals surface area contributed by atoms with E-state index in [-0.39, 0.29) is 0 Å². The van der Waals surface area contributed by atoms with Crippen LogP contribution in [0.3, 0.4) is 0 Å². The molecule has 2 heterocycles. The topological polar surface area (TPSA) is 13.1 Å². The monoisotopic (exact) mass is 854 g/mol. The number of para-hydroxylation sites is 1. The predicted molar refractivity (Wildman–Crippen MR) is 284 cm³/mol. The Morgan fingerprint density at radius 3 is 1.23 bits per heavy atom. The zero-order valence-electron chi connectivity index (χ0n) is 35.8. The lowest BCUT2D eigenvalue weighted by atomic mass is 9.84. The minimum atomic E-state index is 0.882. The van der Waals surface area contributed by atoms with Gasteiger partial charge in [0.1, 0.15) is 11.2 Å². The van der Waals surface area contributed by atoms with Crippen molar-refractivity contribution in [2.75, 3.05) is 0 Å². The van der Waals surface area contributed by atoms with Gasteiger partial charge in [-0.3, -0.25) is 0 Å². The first-order chi connectivity index (χ1) is 32.8. The fourth-order valence-corrected chi connectivity index (χ4v) is 12.1. The Kier molecular flexibility index (Phi) is 8.22. The van der Waals surface area contributed by atoms with Crippen molar-refractivity contribution in [3.63, 3.8) is 0 Å². The Morgan fingerprint density at radius 1 is 0.258 bits per heavy atom. The number of thiophene rings is 1. The van der Waals surface area contributed by atoms with Crippen LogP contribution < -0.4 is 0 Å². The lowest BCUT2D eigenvalue weighted by molar-refractivity contribution is 0.670. The standard InChI is InChI=1S/C64H38OS/c1-3-17-39(18-4-1)41-33-35-57-54(37-41)55-38-42(34-36-58(55)66-57)60-45-23-9-13-27-49(45)62(50-28-14-10-24-46(50)60)52-30-15-31-53-63-51(29-16-32-56(63)65-64(52)53)61-47-25-11-7-21-43(47)59(40-19-5-2-6-20-40)44-22-8-12-26-48(44)61/h1-38H. The van der Waals surface area contributed by atoms with Gasteiger partial charge in [-0.15, -0.1) is 11.3 Å². The number of benzene rings is 12. The maximum atomic E-state index is 7.15. The molecule has 0 unspecified atom stereocenters. The van der Waals surface area contributed by atoms with E-state index in [4.69, 9.17) is 4.42 Å². The number of rotatable bonds is 5. The molecule has 0 bridgehead atoms. The summed E-state index contributed by atoms with van der Waals surface area (Å²) in [7, 11) is 0. The highest BCUT2D eigenvalue weighted by molar-refractivity contribution is 7.25. The Bertz CT molecular complexity index is 4160. The lowest BCUT2D eigenvalue weighted by Crippen LogP contribution is -1.91. The van der Waals surface area contributed by atoms with Crippen LogP contribution in [0.1, 0.15) is 0 Å². The van der Waals surface area contributed by atoms with Gasteiger partial charge in [-0.25, -0.2) is 0 Å². The summed E-state index contributed by atoms with van der Waals surface area (Å²) in [6, 6.07) is 84.5. The molecule has 14 rings (SSSR count). The zero-order chi connectivity index (χ0) is 43.3. The Balaban J connectivity index is 1.01. The molecule has 0 saturated carbocycles. The van der Waals surface area contributed by atoms with Gasteiger partial charge >= 0.3 is 0 Å². The Labute approximate surface area is 385 Å². The van der Waals surface area contributed by atoms with E-state index in [1.54, 1.807) is 0 Å². The summed E-state index contributed by atoms with van der Waals surface area (Å²) in [4.78, 5) is 0. The Morgan fingerprint density at radius 2 is 0.667 bits per heavy atom. The van der Waals surface area contributed by atoms with Crippen LogP contribution in [0.25, 0.3) is 141 Å². The van der Waals surface area contributed by atoms with Crippen molar-refractivity contribution in [1.82, 2.24) is 0 Å². The second-order valence-electron chi connectivity index (χ2n) is 17.4. The van der Waals surface area contributed by atoms with Gasteiger partial charge in [-0.2, -0.15) is 0 Å². The minimum Gasteiger partial charge on any atom is -0.455 e. The smallest absolute Gasteiger partial charge is 0.143 e. The molecule has 12 aromatic carbocycles. The van der Waals surface area contributed by atoms with E-state index in [0.29, 0.717) is 0 Å². The van der Waals surface area contributed by atoms with E-state index in [1.165, 1.54) is 113 Å². The van der Waals surface area contributed by atoms with Crippen molar-refractivity contribution in [2.45, 2.75) is 0 Å². The van der Waals surface area contributed by atoms with E-state index in [1.807, 2.05) is 11.3 Å². The first kappa shape index (κ1) is 37.1. The van der Waals surface area contributed by atoms with Crippen LogP contribution >= 0.6 is 11.3 Å². The molecule has 2 heteroatoms. The van der Waals surface area contributed by atoms with E-state index in [2.05, 4.69) is 231 Å².